The fourth-order valence-corrected chi connectivity index (χ4v) is 2.73. The molecule has 1 heterocycles. The molecule has 11 heavy (non-hydrogen) atoms. The van der Waals surface area contributed by atoms with Crippen LogP contribution in [0.3, 0.4) is 0 Å². The number of methoxy groups -OCH3 is 1. The molecule has 0 bridgehead atoms. The lowest BCUT2D eigenvalue weighted by atomic mass is 9.99. The summed E-state index contributed by atoms with van der Waals surface area (Å²) in [4.78, 5) is 2.43. The van der Waals surface area contributed by atoms with Crippen molar-refractivity contribution < 1.29 is 4.74 Å². The SMILES string of the molecule is COC1CCC2CN(C)CC21. The summed E-state index contributed by atoms with van der Waals surface area (Å²) in [7, 11) is 4.07. The van der Waals surface area contributed by atoms with E-state index in [1.54, 1.807) is 0 Å². The molecule has 0 spiro atoms. The van der Waals surface area contributed by atoms with Crippen LogP contribution >= 0.6 is 0 Å². The van der Waals surface area contributed by atoms with Gasteiger partial charge in [0.1, 0.15) is 0 Å². The maximum absolute atomic E-state index is 5.45. The maximum atomic E-state index is 5.45. The molecule has 1 aliphatic heterocycles. The van der Waals surface area contributed by atoms with Gasteiger partial charge in [-0.05, 0) is 25.8 Å². The van der Waals surface area contributed by atoms with Crippen molar-refractivity contribution >= 4 is 0 Å². The molecule has 1 saturated heterocycles. The molecule has 0 aromatic rings. The number of nitrogens with zero attached hydrogens (tertiary/aromatic N) is 1. The summed E-state index contributed by atoms with van der Waals surface area (Å²) in [5, 5.41) is 0. The van der Waals surface area contributed by atoms with Gasteiger partial charge < -0.3 is 9.64 Å². The zero-order chi connectivity index (χ0) is 7.84. The molecule has 3 unspecified atom stereocenters. The summed E-state index contributed by atoms with van der Waals surface area (Å²) in [5.41, 5.74) is 0. The van der Waals surface area contributed by atoms with Gasteiger partial charge in [0.15, 0.2) is 0 Å². The number of likely N-dealkylation sites (tertiary alicyclic amines) is 1. The Balaban J connectivity index is 2.01. The Hall–Kier alpha value is -0.0800. The van der Waals surface area contributed by atoms with Crippen molar-refractivity contribution in [1.82, 2.24) is 4.90 Å². The highest BCUT2D eigenvalue weighted by Gasteiger charge is 2.41. The second-order valence-electron chi connectivity index (χ2n) is 4.00. The Kier molecular flexibility index (Phi) is 1.90. The van der Waals surface area contributed by atoms with E-state index in [9.17, 15) is 0 Å². The molecule has 0 N–H and O–H groups in total. The third kappa shape index (κ3) is 1.18. The molecule has 3 atom stereocenters. The standard InChI is InChI=1S/C9H17NO/c1-10-5-7-3-4-9(11-2)8(7)6-10/h7-9H,3-6H2,1-2H3. The topological polar surface area (TPSA) is 12.5 Å². The third-order valence-electron chi connectivity index (χ3n) is 3.28. The van der Waals surface area contributed by atoms with Gasteiger partial charge in [-0.1, -0.05) is 0 Å². The van der Waals surface area contributed by atoms with Crippen molar-refractivity contribution in [3.05, 3.63) is 0 Å². The van der Waals surface area contributed by atoms with Crippen molar-refractivity contribution in [1.29, 1.82) is 0 Å². The van der Waals surface area contributed by atoms with Gasteiger partial charge in [0.05, 0.1) is 6.10 Å². The first-order valence-corrected chi connectivity index (χ1v) is 4.52. The summed E-state index contributed by atoms with van der Waals surface area (Å²) in [6.07, 6.45) is 3.23. The van der Waals surface area contributed by atoms with Gasteiger partial charge in [0.2, 0.25) is 0 Å². The van der Waals surface area contributed by atoms with Crippen molar-refractivity contribution in [3.8, 4) is 0 Å². The van der Waals surface area contributed by atoms with Crippen molar-refractivity contribution in [3.63, 3.8) is 0 Å². The maximum Gasteiger partial charge on any atom is 0.0615 e. The van der Waals surface area contributed by atoms with E-state index in [1.165, 1.54) is 25.9 Å². The quantitative estimate of drug-likeness (QED) is 0.559. The molecule has 0 radical (unpaired) electrons. The first-order chi connectivity index (χ1) is 5.31. The fraction of sp³-hybridized carbons (Fsp3) is 1.00. The van der Waals surface area contributed by atoms with Crippen LogP contribution in [0.25, 0.3) is 0 Å². The molecular weight excluding hydrogens is 138 g/mol. The highest BCUT2D eigenvalue weighted by Crippen LogP contribution is 2.38. The Labute approximate surface area is 68.5 Å². The molecule has 0 aromatic heterocycles. The largest absolute Gasteiger partial charge is 0.381 e. The lowest BCUT2D eigenvalue weighted by Gasteiger charge is -2.16. The highest BCUT2D eigenvalue weighted by molar-refractivity contribution is 4.93. The van der Waals surface area contributed by atoms with E-state index in [-0.39, 0.29) is 0 Å². The zero-order valence-electron chi connectivity index (χ0n) is 7.42. The average Bonchev–Trinajstić information content (AvgIpc) is 2.45. The van der Waals surface area contributed by atoms with Crippen LogP contribution in [-0.2, 0) is 4.74 Å². The molecular formula is C9H17NO. The van der Waals surface area contributed by atoms with Gasteiger partial charge in [-0.25, -0.2) is 0 Å². The summed E-state index contributed by atoms with van der Waals surface area (Å²) >= 11 is 0. The van der Waals surface area contributed by atoms with E-state index < -0.39 is 0 Å². The minimum atomic E-state index is 0.560. The van der Waals surface area contributed by atoms with E-state index in [1.807, 2.05) is 7.11 Å². The molecule has 2 fully saturated rings. The lowest BCUT2D eigenvalue weighted by molar-refractivity contribution is 0.0677. The van der Waals surface area contributed by atoms with Crippen LogP contribution in [0.1, 0.15) is 12.8 Å². The monoisotopic (exact) mass is 155 g/mol. The van der Waals surface area contributed by atoms with Gasteiger partial charge in [-0.2, -0.15) is 0 Å². The Bertz CT molecular complexity index is 146. The molecule has 1 aliphatic carbocycles. The van der Waals surface area contributed by atoms with E-state index in [0.29, 0.717) is 6.10 Å². The summed E-state index contributed by atoms with van der Waals surface area (Å²) < 4.78 is 5.45. The fourth-order valence-electron chi connectivity index (χ4n) is 2.73. The lowest BCUT2D eigenvalue weighted by Crippen LogP contribution is -2.23. The van der Waals surface area contributed by atoms with Gasteiger partial charge in [-0.15, -0.1) is 0 Å². The first kappa shape index (κ1) is 7.56. The molecule has 0 amide bonds. The summed E-state index contributed by atoms with van der Waals surface area (Å²) in [6.45, 7) is 2.55. The van der Waals surface area contributed by atoms with Crippen molar-refractivity contribution in [2.24, 2.45) is 11.8 Å². The number of ether oxygens (including phenoxy) is 1. The molecule has 0 aromatic carbocycles. The Morgan fingerprint density at radius 2 is 2.09 bits per heavy atom. The van der Waals surface area contributed by atoms with Crippen LogP contribution in [0.2, 0.25) is 0 Å². The van der Waals surface area contributed by atoms with E-state index >= 15 is 0 Å². The van der Waals surface area contributed by atoms with Gasteiger partial charge in [0, 0.05) is 26.1 Å². The van der Waals surface area contributed by atoms with E-state index in [2.05, 4.69) is 11.9 Å². The predicted molar refractivity (Wildman–Crippen MR) is 44.5 cm³/mol. The van der Waals surface area contributed by atoms with Crippen LogP contribution in [-0.4, -0.2) is 38.3 Å². The molecule has 64 valence electrons. The normalized spacial score (nSPS) is 44.7. The highest BCUT2D eigenvalue weighted by atomic mass is 16.5. The zero-order valence-corrected chi connectivity index (χ0v) is 7.42. The summed E-state index contributed by atoms with van der Waals surface area (Å²) in [6, 6.07) is 0. The van der Waals surface area contributed by atoms with Crippen molar-refractivity contribution in [2.75, 3.05) is 27.2 Å². The van der Waals surface area contributed by atoms with E-state index in [4.69, 9.17) is 4.74 Å². The molecule has 2 aliphatic rings. The minimum Gasteiger partial charge on any atom is -0.381 e. The average molecular weight is 155 g/mol. The first-order valence-electron chi connectivity index (χ1n) is 4.52. The molecule has 2 nitrogen and oxygen atoms in total. The predicted octanol–water partition coefficient (Wildman–Crippen LogP) is 0.973. The third-order valence-corrected chi connectivity index (χ3v) is 3.28. The van der Waals surface area contributed by atoms with Crippen LogP contribution in [0.4, 0.5) is 0 Å². The Morgan fingerprint density at radius 3 is 2.82 bits per heavy atom. The van der Waals surface area contributed by atoms with Crippen LogP contribution in [0, 0.1) is 11.8 Å². The minimum absolute atomic E-state index is 0.560. The smallest absolute Gasteiger partial charge is 0.0615 e. The summed E-state index contributed by atoms with van der Waals surface area (Å²) in [5.74, 6) is 1.77. The van der Waals surface area contributed by atoms with E-state index in [0.717, 1.165) is 11.8 Å². The van der Waals surface area contributed by atoms with Gasteiger partial charge in [0.25, 0.3) is 0 Å². The van der Waals surface area contributed by atoms with Crippen LogP contribution < -0.4 is 0 Å². The molecule has 2 rings (SSSR count). The van der Waals surface area contributed by atoms with Crippen LogP contribution in [0.5, 0.6) is 0 Å². The second kappa shape index (κ2) is 2.76. The van der Waals surface area contributed by atoms with Gasteiger partial charge in [-0.3, -0.25) is 0 Å². The molecule has 1 saturated carbocycles. The number of hydrogen-bond donors (Lipinski definition) is 0. The number of fused-ring (bicyclic) bond motifs is 1. The molecule has 2 heteroatoms. The van der Waals surface area contributed by atoms with Gasteiger partial charge >= 0.3 is 0 Å². The Morgan fingerprint density at radius 1 is 1.27 bits per heavy atom. The van der Waals surface area contributed by atoms with Crippen molar-refractivity contribution in [2.45, 2.75) is 18.9 Å². The number of rotatable bonds is 1. The second-order valence-corrected chi connectivity index (χ2v) is 4.00. The number of hydrogen-bond acceptors (Lipinski definition) is 2. The van der Waals surface area contributed by atoms with Crippen LogP contribution in [0.15, 0.2) is 0 Å².